The molecule has 2 N–H and O–H groups in total. The van der Waals surface area contributed by atoms with Crippen molar-refractivity contribution in [3.8, 4) is 5.69 Å². The van der Waals surface area contributed by atoms with Gasteiger partial charge in [0.1, 0.15) is 0 Å². The number of nitrogens with zero attached hydrogens (tertiary/aromatic N) is 3. The Kier molecular flexibility index (Phi) is 5.45. The van der Waals surface area contributed by atoms with Crippen molar-refractivity contribution in [1.82, 2.24) is 15.2 Å². The van der Waals surface area contributed by atoms with E-state index in [-0.39, 0.29) is 17.7 Å². The van der Waals surface area contributed by atoms with Crippen LogP contribution in [0.15, 0.2) is 64.5 Å². The molecular weight excluding hydrogens is 362 g/mol. The average molecular weight is 379 g/mol. The van der Waals surface area contributed by atoms with E-state index in [9.17, 15) is 19.7 Å². The van der Waals surface area contributed by atoms with E-state index in [1.807, 2.05) is 18.2 Å². The third-order valence-corrected chi connectivity index (χ3v) is 4.03. The normalized spacial score (nSPS) is 10.9. The molecule has 0 aliphatic rings. The van der Waals surface area contributed by atoms with E-state index < -0.39 is 10.8 Å². The van der Waals surface area contributed by atoms with Gasteiger partial charge in [-0.3, -0.25) is 24.8 Å². The number of amides is 1. The van der Waals surface area contributed by atoms with Gasteiger partial charge >= 0.3 is 0 Å². The molecule has 0 atom stereocenters. The standard InChI is InChI=1S/C19H17N5O4/c1-13-17(19(26)23(22-13)15-5-3-2-4-6-15)12-20-21-18(25)11-14-7-9-16(10-8-14)24(27)28/h2-10,12,22H,11H2,1H3,(H,21,25)/b20-12-. The van der Waals surface area contributed by atoms with Crippen LogP contribution in [-0.4, -0.2) is 26.8 Å². The number of rotatable bonds is 6. The van der Waals surface area contributed by atoms with E-state index in [2.05, 4.69) is 15.6 Å². The minimum Gasteiger partial charge on any atom is -0.295 e. The number of aromatic amines is 1. The van der Waals surface area contributed by atoms with Crippen molar-refractivity contribution in [3.63, 3.8) is 0 Å². The van der Waals surface area contributed by atoms with E-state index in [1.54, 1.807) is 19.1 Å². The summed E-state index contributed by atoms with van der Waals surface area (Å²) in [6.07, 6.45) is 1.30. The number of nitro groups is 1. The minimum absolute atomic E-state index is 0.00962. The number of nitro benzene ring substituents is 1. The van der Waals surface area contributed by atoms with Crippen molar-refractivity contribution in [2.45, 2.75) is 13.3 Å². The smallest absolute Gasteiger partial charge is 0.280 e. The first-order valence-electron chi connectivity index (χ1n) is 8.38. The fraction of sp³-hybridized carbons (Fsp3) is 0.105. The van der Waals surface area contributed by atoms with Crippen molar-refractivity contribution in [2.75, 3.05) is 0 Å². The van der Waals surface area contributed by atoms with Crippen molar-refractivity contribution >= 4 is 17.8 Å². The number of nitrogens with one attached hydrogen (secondary N) is 2. The summed E-state index contributed by atoms with van der Waals surface area (Å²) in [4.78, 5) is 34.6. The molecule has 3 rings (SSSR count). The molecule has 0 fully saturated rings. The molecular formula is C19H17N5O4. The van der Waals surface area contributed by atoms with Gasteiger partial charge < -0.3 is 0 Å². The van der Waals surface area contributed by atoms with Crippen LogP contribution >= 0.6 is 0 Å². The Morgan fingerprint density at radius 3 is 2.54 bits per heavy atom. The lowest BCUT2D eigenvalue weighted by Gasteiger charge is -2.00. The van der Waals surface area contributed by atoms with Crippen LogP contribution in [0.2, 0.25) is 0 Å². The number of H-pyrrole nitrogens is 1. The lowest BCUT2D eigenvalue weighted by atomic mass is 10.1. The number of carbonyl (C=O) groups excluding carboxylic acids is 1. The Morgan fingerprint density at radius 2 is 1.89 bits per heavy atom. The zero-order valence-corrected chi connectivity index (χ0v) is 15.0. The second kappa shape index (κ2) is 8.12. The number of aryl methyl sites for hydroxylation is 1. The number of benzene rings is 2. The Hall–Kier alpha value is -4.01. The third-order valence-electron chi connectivity index (χ3n) is 4.03. The van der Waals surface area contributed by atoms with Gasteiger partial charge in [0.05, 0.1) is 28.8 Å². The van der Waals surface area contributed by atoms with E-state index in [4.69, 9.17) is 0 Å². The van der Waals surface area contributed by atoms with Gasteiger partial charge in [0.15, 0.2) is 0 Å². The molecule has 0 unspecified atom stereocenters. The highest BCUT2D eigenvalue weighted by Crippen LogP contribution is 2.12. The lowest BCUT2D eigenvalue weighted by molar-refractivity contribution is -0.384. The number of hydrazone groups is 1. The summed E-state index contributed by atoms with van der Waals surface area (Å²) in [5.74, 6) is -0.401. The Morgan fingerprint density at radius 1 is 1.21 bits per heavy atom. The molecule has 9 heteroatoms. The van der Waals surface area contributed by atoms with Crippen LogP contribution in [0.4, 0.5) is 5.69 Å². The van der Waals surface area contributed by atoms with Gasteiger partial charge in [-0.25, -0.2) is 10.1 Å². The molecule has 1 amide bonds. The Bertz CT molecular complexity index is 1080. The highest BCUT2D eigenvalue weighted by molar-refractivity contribution is 5.84. The van der Waals surface area contributed by atoms with E-state index in [0.717, 1.165) is 0 Å². The van der Waals surface area contributed by atoms with Crippen LogP contribution in [0, 0.1) is 17.0 Å². The molecule has 28 heavy (non-hydrogen) atoms. The topological polar surface area (TPSA) is 122 Å². The monoisotopic (exact) mass is 379 g/mol. The van der Waals surface area contributed by atoms with Gasteiger partial charge in [0.2, 0.25) is 5.91 Å². The SMILES string of the molecule is Cc1[nH]n(-c2ccccc2)c(=O)c1/C=N\NC(=O)Cc1ccc([N+](=O)[O-])cc1. The molecule has 1 aromatic heterocycles. The Labute approximate surface area is 159 Å². The summed E-state index contributed by atoms with van der Waals surface area (Å²) in [7, 11) is 0. The number of para-hydroxylation sites is 1. The summed E-state index contributed by atoms with van der Waals surface area (Å²) in [5.41, 5.74) is 4.28. The second-order valence-electron chi connectivity index (χ2n) is 6.02. The molecule has 1 heterocycles. The first-order valence-corrected chi connectivity index (χ1v) is 8.38. The minimum atomic E-state index is -0.504. The quantitative estimate of drug-likeness (QED) is 0.387. The summed E-state index contributed by atoms with van der Waals surface area (Å²) >= 11 is 0. The number of hydrogen-bond acceptors (Lipinski definition) is 5. The largest absolute Gasteiger partial charge is 0.295 e. The van der Waals surface area contributed by atoms with Crippen LogP contribution < -0.4 is 11.0 Å². The summed E-state index contributed by atoms with van der Waals surface area (Å²) < 4.78 is 1.40. The van der Waals surface area contributed by atoms with Crippen LogP contribution in [0.25, 0.3) is 5.69 Å². The van der Waals surface area contributed by atoms with Crippen molar-refractivity contribution in [2.24, 2.45) is 5.10 Å². The highest BCUT2D eigenvalue weighted by Gasteiger charge is 2.11. The van der Waals surface area contributed by atoms with Gasteiger partial charge in [-0.15, -0.1) is 0 Å². The van der Waals surface area contributed by atoms with Crippen LogP contribution in [0.5, 0.6) is 0 Å². The first-order chi connectivity index (χ1) is 13.5. The predicted molar refractivity (Wildman–Crippen MR) is 104 cm³/mol. The van der Waals surface area contributed by atoms with Gasteiger partial charge in [0, 0.05) is 17.8 Å². The van der Waals surface area contributed by atoms with Crippen molar-refractivity contribution < 1.29 is 9.72 Å². The third kappa shape index (κ3) is 4.21. The zero-order valence-electron chi connectivity index (χ0n) is 15.0. The van der Waals surface area contributed by atoms with Crippen LogP contribution in [-0.2, 0) is 11.2 Å². The molecule has 2 aromatic carbocycles. The second-order valence-corrected chi connectivity index (χ2v) is 6.02. The van der Waals surface area contributed by atoms with Crippen molar-refractivity contribution in [1.29, 1.82) is 0 Å². The molecule has 9 nitrogen and oxygen atoms in total. The van der Waals surface area contributed by atoms with Gasteiger partial charge in [0.25, 0.3) is 11.2 Å². The molecule has 0 spiro atoms. The molecule has 0 bridgehead atoms. The lowest BCUT2D eigenvalue weighted by Crippen LogP contribution is -2.21. The fourth-order valence-corrected chi connectivity index (χ4v) is 2.60. The fourth-order valence-electron chi connectivity index (χ4n) is 2.60. The maximum absolute atomic E-state index is 12.5. The Balaban J connectivity index is 1.66. The maximum atomic E-state index is 12.5. The molecule has 0 saturated heterocycles. The highest BCUT2D eigenvalue weighted by atomic mass is 16.6. The molecule has 0 saturated carbocycles. The van der Waals surface area contributed by atoms with E-state index in [0.29, 0.717) is 22.5 Å². The first kappa shape index (κ1) is 18.8. The number of non-ortho nitro benzene ring substituents is 1. The summed E-state index contributed by atoms with van der Waals surface area (Å²) in [6.45, 7) is 1.74. The molecule has 0 aliphatic carbocycles. The van der Waals surface area contributed by atoms with Gasteiger partial charge in [-0.1, -0.05) is 30.3 Å². The van der Waals surface area contributed by atoms with E-state index >= 15 is 0 Å². The molecule has 142 valence electrons. The van der Waals surface area contributed by atoms with Gasteiger partial charge in [-0.2, -0.15) is 5.10 Å². The number of carbonyl (C=O) groups is 1. The number of aromatic nitrogens is 2. The van der Waals surface area contributed by atoms with Crippen LogP contribution in [0.1, 0.15) is 16.8 Å². The number of hydrogen-bond donors (Lipinski definition) is 2. The maximum Gasteiger partial charge on any atom is 0.280 e. The predicted octanol–water partition coefficient (Wildman–Crippen LogP) is 2.08. The van der Waals surface area contributed by atoms with E-state index in [1.165, 1.54) is 35.2 Å². The molecule has 0 radical (unpaired) electrons. The van der Waals surface area contributed by atoms with Crippen molar-refractivity contribution in [3.05, 3.63) is 91.9 Å². The molecule has 3 aromatic rings. The summed E-state index contributed by atoms with van der Waals surface area (Å²) in [5, 5.41) is 17.4. The zero-order chi connectivity index (χ0) is 20.1. The van der Waals surface area contributed by atoms with Gasteiger partial charge in [-0.05, 0) is 24.6 Å². The average Bonchev–Trinajstić information content (AvgIpc) is 2.97. The summed E-state index contributed by atoms with van der Waals surface area (Å²) in [6, 6.07) is 14.8. The van der Waals surface area contributed by atoms with Crippen LogP contribution in [0.3, 0.4) is 0 Å². The molecule has 0 aliphatic heterocycles.